The molecule has 1 aromatic rings. The molecule has 5 heteroatoms. The number of hydrogen-bond donors (Lipinski definition) is 1. The van der Waals surface area contributed by atoms with Crippen molar-refractivity contribution >= 4 is 5.82 Å². The molecule has 1 aliphatic heterocycles. The summed E-state index contributed by atoms with van der Waals surface area (Å²) in [7, 11) is 0. The summed E-state index contributed by atoms with van der Waals surface area (Å²) in [5, 5.41) is 7.56. The van der Waals surface area contributed by atoms with Crippen LogP contribution in [0.3, 0.4) is 0 Å². The number of hydrogen-bond acceptors (Lipinski definition) is 5. The maximum Gasteiger partial charge on any atom is 0.233 e. The van der Waals surface area contributed by atoms with Crippen molar-refractivity contribution in [3.8, 4) is 5.88 Å². The molecular formula is C10H15N3O2. The van der Waals surface area contributed by atoms with Crippen LogP contribution >= 0.6 is 0 Å². The molecule has 1 fully saturated rings. The van der Waals surface area contributed by atoms with Crippen LogP contribution in [0.2, 0.25) is 0 Å². The molecule has 1 saturated heterocycles. The van der Waals surface area contributed by atoms with Crippen molar-refractivity contribution < 1.29 is 9.47 Å². The standard InChI is InChI=1S/C10H15N3O2/c11-9-1-2-10(13-12-9)15-7-8-3-5-14-6-4-8/h1-2,8H,3-7H2,(H2,11,12). The first-order chi connectivity index (χ1) is 7.34. The molecule has 0 spiro atoms. The van der Waals surface area contributed by atoms with E-state index in [1.807, 2.05) is 0 Å². The second-order valence-corrected chi connectivity index (χ2v) is 3.66. The highest BCUT2D eigenvalue weighted by molar-refractivity contribution is 5.27. The zero-order valence-electron chi connectivity index (χ0n) is 8.56. The molecule has 0 amide bonds. The summed E-state index contributed by atoms with van der Waals surface area (Å²) in [5.74, 6) is 1.52. The van der Waals surface area contributed by atoms with E-state index in [-0.39, 0.29) is 0 Å². The second kappa shape index (κ2) is 4.93. The third-order valence-electron chi connectivity index (χ3n) is 2.47. The van der Waals surface area contributed by atoms with Gasteiger partial charge in [-0.25, -0.2) is 0 Å². The Morgan fingerprint density at radius 1 is 1.33 bits per heavy atom. The van der Waals surface area contributed by atoms with Crippen LogP contribution in [0.4, 0.5) is 5.82 Å². The average molecular weight is 209 g/mol. The van der Waals surface area contributed by atoms with Crippen LogP contribution in [0.25, 0.3) is 0 Å². The summed E-state index contributed by atoms with van der Waals surface area (Å²) in [6.07, 6.45) is 2.12. The van der Waals surface area contributed by atoms with Gasteiger partial charge in [0.25, 0.3) is 0 Å². The van der Waals surface area contributed by atoms with E-state index >= 15 is 0 Å². The van der Waals surface area contributed by atoms with Crippen molar-refractivity contribution in [2.75, 3.05) is 25.6 Å². The maximum atomic E-state index is 5.52. The summed E-state index contributed by atoms with van der Waals surface area (Å²) < 4.78 is 10.8. The van der Waals surface area contributed by atoms with Crippen molar-refractivity contribution in [1.82, 2.24) is 10.2 Å². The summed E-state index contributed by atoms with van der Waals surface area (Å²) >= 11 is 0. The van der Waals surface area contributed by atoms with Gasteiger partial charge in [0.1, 0.15) is 5.82 Å². The van der Waals surface area contributed by atoms with Crippen molar-refractivity contribution in [2.45, 2.75) is 12.8 Å². The molecule has 0 radical (unpaired) electrons. The number of nitrogen functional groups attached to an aromatic ring is 1. The molecule has 2 N–H and O–H groups in total. The van der Waals surface area contributed by atoms with Gasteiger partial charge in [-0.05, 0) is 24.8 Å². The first-order valence-corrected chi connectivity index (χ1v) is 5.14. The summed E-state index contributed by atoms with van der Waals surface area (Å²) in [4.78, 5) is 0. The van der Waals surface area contributed by atoms with Crippen LogP contribution in [-0.4, -0.2) is 30.0 Å². The summed E-state index contributed by atoms with van der Waals surface area (Å²) in [6, 6.07) is 3.42. The van der Waals surface area contributed by atoms with Crippen molar-refractivity contribution in [2.24, 2.45) is 5.92 Å². The zero-order valence-corrected chi connectivity index (χ0v) is 8.56. The molecule has 2 heterocycles. The lowest BCUT2D eigenvalue weighted by Crippen LogP contribution is -2.21. The number of rotatable bonds is 3. The number of anilines is 1. The second-order valence-electron chi connectivity index (χ2n) is 3.66. The van der Waals surface area contributed by atoms with E-state index in [4.69, 9.17) is 15.2 Å². The Morgan fingerprint density at radius 3 is 2.80 bits per heavy atom. The lowest BCUT2D eigenvalue weighted by Gasteiger charge is -2.21. The SMILES string of the molecule is Nc1ccc(OCC2CCOCC2)nn1. The Kier molecular flexibility index (Phi) is 3.34. The molecular weight excluding hydrogens is 194 g/mol. The number of nitrogens with zero attached hydrogens (tertiary/aromatic N) is 2. The van der Waals surface area contributed by atoms with Crippen molar-refractivity contribution in [3.63, 3.8) is 0 Å². The van der Waals surface area contributed by atoms with Crippen LogP contribution in [-0.2, 0) is 4.74 Å². The van der Waals surface area contributed by atoms with E-state index in [1.165, 1.54) is 0 Å². The molecule has 0 aliphatic carbocycles. The number of aromatic nitrogens is 2. The van der Waals surface area contributed by atoms with E-state index < -0.39 is 0 Å². The summed E-state index contributed by atoms with van der Waals surface area (Å²) in [6.45, 7) is 2.35. The van der Waals surface area contributed by atoms with Gasteiger partial charge in [-0.1, -0.05) is 0 Å². The molecule has 82 valence electrons. The predicted molar refractivity (Wildman–Crippen MR) is 55.5 cm³/mol. The van der Waals surface area contributed by atoms with Gasteiger partial charge >= 0.3 is 0 Å². The van der Waals surface area contributed by atoms with Gasteiger partial charge in [0, 0.05) is 19.3 Å². The Bertz CT molecular complexity index is 296. The third-order valence-corrected chi connectivity index (χ3v) is 2.47. The number of nitrogens with two attached hydrogens (primary N) is 1. The minimum absolute atomic E-state index is 0.411. The molecule has 1 aromatic heterocycles. The Hall–Kier alpha value is -1.36. The van der Waals surface area contributed by atoms with Crippen LogP contribution in [0, 0.1) is 5.92 Å². The van der Waals surface area contributed by atoms with Gasteiger partial charge in [-0.15, -0.1) is 10.2 Å². The number of ether oxygens (including phenoxy) is 2. The fourth-order valence-corrected chi connectivity index (χ4v) is 1.52. The van der Waals surface area contributed by atoms with E-state index in [1.54, 1.807) is 12.1 Å². The molecule has 15 heavy (non-hydrogen) atoms. The van der Waals surface area contributed by atoms with Crippen LogP contribution < -0.4 is 10.5 Å². The Morgan fingerprint density at radius 2 is 2.13 bits per heavy atom. The Labute approximate surface area is 88.6 Å². The van der Waals surface area contributed by atoms with Gasteiger partial charge in [0.15, 0.2) is 0 Å². The molecule has 5 nitrogen and oxygen atoms in total. The first kappa shape index (κ1) is 10.2. The minimum Gasteiger partial charge on any atom is -0.476 e. The highest BCUT2D eigenvalue weighted by Crippen LogP contribution is 2.16. The predicted octanol–water partition coefficient (Wildman–Crippen LogP) is 0.864. The van der Waals surface area contributed by atoms with E-state index in [0.29, 0.717) is 24.2 Å². The third kappa shape index (κ3) is 3.06. The Balaban J connectivity index is 1.79. The smallest absolute Gasteiger partial charge is 0.233 e. The normalized spacial score (nSPS) is 17.6. The maximum absolute atomic E-state index is 5.52. The molecule has 0 bridgehead atoms. The molecule has 0 saturated carbocycles. The van der Waals surface area contributed by atoms with Gasteiger partial charge in [0.05, 0.1) is 6.61 Å². The molecule has 0 atom stereocenters. The lowest BCUT2D eigenvalue weighted by molar-refractivity contribution is 0.0489. The largest absolute Gasteiger partial charge is 0.476 e. The average Bonchev–Trinajstić information content (AvgIpc) is 2.30. The highest BCUT2D eigenvalue weighted by Gasteiger charge is 2.14. The van der Waals surface area contributed by atoms with E-state index in [9.17, 15) is 0 Å². The molecule has 0 unspecified atom stereocenters. The van der Waals surface area contributed by atoms with E-state index in [0.717, 1.165) is 26.1 Å². The van der Waals surface area contributed by atoms with Gasteiger partial charge < -0.3 is 15.2 Å². The fourth-order valence-electron chi connectivity index (χ4n) is 1.52. The fraction of sp³-hybridized carbons (Fsp3) is 0.600. The van der Waals surface area contributed by atoms with Crippen molar-refractivity contribution in [1.29, 1.82) is 0 Å². The first-order valence-electron chi connectivity index (χ1n) is 5.14. The molecule has 2 rings (SSSR count). The molecule has 1 aliphatic rings. The quantitative estimate of drug-likeness (QED) is 0.799. The lowest BCUT2D eigenvalue weighted by atomic mass is 10.0. The van der Waals surface area contributed by atoms with Gasteiger partial charge in [0.2, 0.25) is 5.88 Å². The monoisotopic (exact) mass is 209 g/mol. The minimum atomic E-state index is 0.411. The topological polar surface area (TPSA) is 70.3 Å². The van der Waals surface area contributed by atoms with Crippen LogP contribution in [0.1, 0.15) is 12.8 Å². The van der Waals surface area contributed by atoms with Gasteiger partial charge in [-0.3, -0.25) is 0 Å². The zero-order chi connectivity index (χ0) is 10.5. The van der Waals surface area contributed by atoms with Gasteiger partial charge in [-0.2, -0.15) is 0 Å². The van der Waals surface area contributed by atoms with Crippen LogP contribution in [0.15, 0.2) is 12.1 Å². The van der Waals surface area contributed by atoms with E-state index in [2.05, 4.69) is 10.2 Å². The highest BCUT2D eigenvalue weighted by atomic mass is 16.5. The van der Waals surface area contributed by atoms with Crippen LogP contribution in [0.5, 0.6) is 5.88 Å². The van der Waals surface area contributed by atoms with Crippen molar-refractivity contribution in [3.05, 3.63) is 12.1 Å². The molecule has 0 aromatic carbocycles. The summed E-state index contributed by atoms with van der Waals surface area (Å²) in [5.41, 5.74) is 5.42.